The number of aliphatic hydroxyl groups is 1. The molecule has 1 aliphatic heterocycles. The number of alkyl halides is 1. The van der Waals surface area contributed by atoms with Gasteiger partial charge in [0.15, 0.2) is 0 Å². The Hall–Kier alpha value is -0.0361. The number of aliphatic hydroxyl groups excluding tert-OH is 1. The van der Waals surface area contributed by atoms with Gasteiger partial charge in [-0.2, -0.15) is 6.42 Å². The summed E-state index contributed by atoms with van der Waals surface area (Å²) < 4.78 is 40.9. The second-order valence-corrected chi connectivity index (χ2v) is 10.2. The summed E-state index contributed by atoms with van der Waals surface area (Å²) in [4.78, 5) is 0. The molecular weight excluding hydrogens is 466 g/mol. The maximum Gasteiger partial charge on any atom is 0.238 e. The molecule has 161 valence electrons. The molecule has 3 atom stereocenters. The molecule has 2 aliphatic rings. The van der Waals surface area contributed by atoms with E-state index in [2.05, 4.69) is 6.92 Å². The van der Waals surface area contributed by atoms with E-state index >= 15 is 0 Å². The molecule has 0 amide bonds. The number of sulfonamides is 1. The summed E-state index contributed by atoms with van der Waals surface area (Å²) in [5.41, 5.74) is 1.32. The third-order valence-corrected chi connectivity index (χ3v) is 8.04. The number of hydrogen-bond acceptors (Lipinski definition) is 3. The van der Waals surface area contributed by atoms with E-state index in [0.717, 1.165) is 56.9 Å². The molecule has 1 N–H and O–H groups in total. The van der Waals surface area contributed by atoms with E-state index in [1.165, 1.54) is 10.7 Å². The predicted octanol–water partition coefficient (Wildman–Crippen LogP) is 4.94. The van der Waals surface area contributed by atoms with Gasteiger partial charge in [-0.05, 0) is 42.9 Å². The van der Waals surface area contributed by atoms with Gasteiger partial charge in [0.1, 0.15) is 11.9 Å². The molecule has 0 spiro atoms. The first-order valence-corrected chi connectivity index (χ1v) is 12.3. The average Bonchev–Trinajstić information content (AvgIpc) is 2.93. The third kappa shape index (κ3) is 6.24. The molecule has 1 radical (unpaired) electrons. The molecule has 1 saturated heterocycles. The van der Waals surface area contributed by atoms with Gasteiger partial charge in [-0.3, -0.25) is 4.31 Å². The minimum atomic E-state index is -3.65. The molecule has 29 heavy (non-hydrogen) atoms. The Morgan fingerprint density at radius 3 is 2.38 bits per heavy atom. The van der Waals surface area contributed by atoms with Crippen LogP contribution in [0.4, 0.5) is 10.1 Å². The van der Waals surface area contributed by atoms with Crippen LogP contribution >= 0.6 is 0 Å². The molecule has 1 aromatic rings. The molecule has 1 heterocycles. The van der Waals surface area contributed by atoms with Crippen molar-refractivity contribution < 1.29 is 50.6 Å². The van der Waals surface area contributed by atoms with Crippen molar-refractivity contribution in [3.05, 3.63) is 36.8 Å². The van der Waals surface area contributed by atoms with Gasteiger partial charge in [-0.25, -0.2) is 12.8 Å². The summed E-state index contributed by atoms with van der Waals surface area (Å²) in [6.07, 6.45) is 7.79. The van der Waals surface area contributed by atoms with Gasteiger partial charge in [0, 0.05) is 32.7 Å². The zero-order valence-electron chi connectivity index (χ0n) is 17.2. The van der Waals surface area contributed by atoms with E-state index < -0.39 is 34.1 Å². The molecule has 0 bridgehead atoms. The Bertz CT molecular complexity index is 722. The zero-order chi connectivity index (χ0) is 20.1. The van der Waals surface area contributed by atoms with Crippen molar-refractivity contribution in [2.75, 3.05) is 10.1 Å². The first kappa shape index (κ1) is 25.2. The largest absolute Gasteiger partial charge is 0.388 e. The van der Waals surface area contributed by atoms with E-state index in [1.54, 1.807) is 24.3 Å². The first-order valence-electron chi connectivity index (χ1n) is 10.7. The molecule has 1 aromatic carbocycles. The maximum absolute atomic E-state index is 14.5. The van der Waals surface area contributed by atoms with Crippen molar-refractivity contribution in [2.45, 2.75) is 82.5 Å². The number of unbranched alkanes of at least 4 members (excludes halogenated alkanes) is 3. The van der Waals surface area contributed by atoms with Crippen LogP contribution in [0.5, 0.6) is 0 Å². The molecular formula is C22H33FNO3SY-. The van der Waals surface area contributed by atoms with Gasteiger partial charge >= 0.3 is 0 Å². The van der Waals surface area contributed by atoms with Gasteiger partial charge in [-0.1, -0.05) is 50.7 Å². The summed E-state index contributed by atoms with van der Waals surface area (Å²) in [7, 11) is -3.65. The van der Waals surface area contributed by atoms with Crippen molar-refractivity contribution in [1.29, 1.82) is 0 Å². The fraction of sp³-hybridized carbons (Fsp3) is 0.682. The monoisotopic (exact) mass is 499 g/mol. The van der Waals surface area contributed by atoms with Crippen molar-refractivity contribution in [3.8, 4) is 0 Å². The van der Waals surface area contributed by atoms with Crippen molar-refractivity contribution in [1.82, 2.24) is 0 Å². The van der Waals surface area contributed by atoms with Crippen LogP contribution < -0.4 is 4.31 Å². The molecule has 3 unspecified atom stereocenters. The molecule has 1 saturated carbocycles. The average molecular weight is 499 g/mol. The quantitative estimate of drug-likeness (QED) is 0.407. The summed E-state index contributed by atoms with van der Waals surface area (Å²) in [5.74, 6) is -0.175. The number of nitrogens with zero attached hydrogens (tertiary/aromatic N) is 1. The van der Waals surface area contributed by atoms with Crippen molar-refractivity contribution in [3.63, 3.8) is 0 Å². The summed E-state index contributed by atoms with van der Waals surface area (Å²) in [6.45, 7) is 3.81. The number of halogens is 1. The predicted molar refractivity (Wildman–Crippen MR) is 111 cm³/mol. The Morgan fingerprint density at radius 1 is 1.10 bits per heavy atom. The molecule has 1 aliphatic carbocycles. The molecule has 4 nitrogen and oxygen atoms in total. The minimum Gasteiger partial charge on any atom is -0.388 e. The van der Waals surface area contributed by atoms with Crippen LogP contribution in [0.15, 0.2) is 24.3 Å². The second-order valence-electron chi connectivity index (χ2n) is 8.30. The van der Waals surface area contributed by atoms with Gasteiger partial charge < -0.3 is 12.0 Å². The topological polar surface area (TPSA) is 57.6 Å². The van der Waals surface area contributed by atoms with Crippen molar-refractivity contribution in [2.24, 2.45) is 5.92 Å². The summed E-state index contributed by atoms with van der Waals surface area (Å²) in [5, 5.41) is 10.7. The van der Waals surface area contributed by atoms with Gasteiger partial charge in [0.05, 0.1) is 17.8 Å². The van der Waals surface area contributed by atoms with Crippen LogP contribution in [0, 0.1) is 12.8 Å². The Kier molecular flexibility index (Phi) is 10.0. The van der Waals surface area contributed by atoms with E-state index in [0.29, 0.717) is 12.1 Å². The second kappa shape index (κ2) is 11.5. The van der Waals surface area contributed by atoms with E-state index in [-0.39, 0.29) is 38.6 Å². The van der Waals surface area contributed by atoms with Crippen LogP contribution in [0.2, 0.25) is 0 Å². The van der Waals surface area contributed by atoms with Gasteiger partial charge in [0.25, 0.3) is 0 Å². The first-order chi connectivity index (χ1) is 13.4. The van der Waals surface area contributed by atoms with E-state index in [4.69, 9.17) is 0 Å². The summed E-state index contributed by atoms with van der Waals surface area (Å²) in [6, 6.07) is 6.41. The van der Waals surface area contributed by atoms with E-state index in [1.807, 2.05) is 0 Å². The fourth-order valence-electron chi connectivity index (χ4n) is 4.64. The van der Waals surface area contributed by atoms with Crippen LogP contribution in [-0.4, -0.2) is 31.5 Å². The number of hydrogen-bond donors (Lipinski definition) is 1. The molecule has 3 rings (SSSR count). The smallest absolute Gasteiger partial charge is 0.238 e. The zero-order valence-corrected chi connectivity index (χ0v) is 20.8. The van der Waals surface area contributed by atoms with Crippen LogP contribution in [0.25, 0.3) is 0 Å². The standard InChI is InChI=1S/C22H33FNO3S.Y/c1-2-3-4-8-11-21-20(23)16-28(26,27)24(21)19-14-12-18(13-15-19)22(25)17-9-6-5-7-10-17;/h12-15,17,20-22,25H,1-11,16H2;/q-1;. The van der Waals surface area contributed by atoms with Crippen LogP contribution in [-0.2, 0) is 42.7 Å². The normalized spacial score (nSPS) is 25.6. The van der Waals surface area contributed by atoms with Crippen LogP contribution in [0.3, 0.4) is 0 Å². The number of rotatable bonds is 8. The Labute approximate surface area is 200 Å². The van der Waals surface area contributed by atoms with Gasteiger partial charge in [0.2, 0.25) is 10.0 Å². The summed E-state index contributed by atoms with van der Waals surface area (Å²) >= 11 is 0. The number of anilines is 1. The Morgan fingerprint density at radius 2 is 1.76 bits per heavy atom. The SMILES string of the molecule is [CH2-]CCCCCC1C(F)CS(=O)(=O)N1c1ccc(C(O)C2CCCCC2)cc1.[Y]. The van der Waals surface area contributed by atoms with Crippen molar-refractivity contribution >= 4 is 15.7 Å². The van der Waals surface area contributed by atoms with Gasteiger partial charge in [-0.15, -0.1) is 0 Å². The molecule has 2 fully saturated rings. The number of benzene rings is 1. The molecule has 7 heteroatoms. The maximum atomic E-state index is 14.5. The van der Waals surface area contributed by atoms with E-state index in [9.17, 15) is 17.9 Å². The third-order valence-electron chi connectivity index (χ3n) is 6.22. The molecule has 0 aromatic heterocycles. The fourth-order valence-corrected chi connectivity index (χ4v) is 6.52. The van der Waals surface area contributed by atoms with Crippen LogP contribution in [0.1, 0.15) is 75.9 Å². The minimum absolute atomic E-state index is 0. The Balaban J connectivity index is 0.00000300.